The molecular formula is C8H9BN2O2. The zero-order valence-corrected chi connectivity index (χ0v) is 7.15. The van der Waals surface area contributed by atoms with Gasteiger partial charge in [0.1, 0.15) is 0 Å². The summed E-state index contributed by atoms with van der Waals surface area (Å²) in [6.07, 6.45) is 1.72. The van der Waals surface area contributed by atoms with E-state index < -0.39 is 7.12 Å². The molecule has 0 saturated carbocycles. The van der Waals surface area contributed by atoms with Gasteiger partial charge in [0, 0.05) is 5.39 Å². The van der Waals surface area contributed by atoms with E-state index >= 15 is 0 Å². The highest BCUT2D eigenvalue weighted by molar-refractivity contribution is 6.59. The molecule has 0 spiro atoms. The molecule has 0 fully saturated rings. The lowest BCUT2D eigenvalue weighted by molar-refractivity contribution is 0.426. The molecule has 0 aliphatic carbocycles. The zero-order valence-electron chi connectivity index (χ0n) is 7.15. The van der Waals surface area contributed by atoms with Gasteiger partial charge >= 0.3 is 7.12 Å². The lowest BCUT2D eigenvalue weighted by Gasteiger charge is -2.01. The summed E-state index contributed by atoms with van der Waals surface area (Å²) < 4.78 is 0. The van der Waals surface area contributed by atoms with E-state index in [4.69, 9.17) is 10.0 Å². The second-order valence-electron chi connectivity index (χ2n) is 3.04. The Morgan fingerprint density at radius 1 is 1.38 bits per heavy atom. The van der Waals surface area contributed by atoms with Crippen LogP contribution >= 0.6 is 0 Å². The molecule has 4 nitrogen and oxygen atoms in total. The first-order valence-electron chi connectivity index (χ1n) is 3.98. The molecule has 0 aliphatic heterocycles. The first kappa shape index (κ1) is 8.28. The topological polar surface area (TPSA) is 69.1 Å². The van der Waals surface area contributed by atoms with Crippen molar-refractivity contribution in [1.82, 2.24) is 10.2 Å². The van der Waals surface area contributed by atoms with E-state index in [1.807, 2.05) is 6.92 Å². The average Bonchev–Trinajstić information content (AvgIpc) is 2.51. The Balaban J connectivity index is 2.70. The first-order valence-corrected chi connectivity index (χ1v) is 3.98. The number of benzene rings is 1. The van der Waals surface area contributed by atoms with E-state index in [2.05, 4.69) is 10.2 Å². The van der Waals surface area contributed by atoms with Crippen LogP contribution < -0.4 is 5.46 Å². The normalized spacial score (nSPS) is 10.7. The van der Waals surface area contributed by atoms with Gasteiger partial charge in [-0.25, -0.2) is 0 Å². The van der Waals surface area contributed by atoms with Gasteiger partial charge in [-0.2, -0.15) is 5.10 Å². The lowest BCUT2D eigenvalue weighted by Crippen LogP contribution is -2.29. The second kappa shape index (κ2) is 2.87. The Labute approximate surface area is 75.4 Å². The van der Waals surface area contributed by atoms with Crippen LogP contribution in [0.3, 0.4) is 0 Å². The Morgan fingerprint density at radius 3 is 2.85 bits per heavy atom. The van der Waals surface area contributed by atoms with Crippen molar-refractivity contribution >= 4 is 23.5 Å². The van der Waals surface area contributed by atoms with Gasteiger partial charge in [-0.1, -0.05) is 6.07 Å². The molecule has 3 N–H and O–H groups in total. The highest BCUT2D eigenvalue weighted by Crippen LogP contribution is 2.13. The molecule has 0 radical (unpaired) electrons. The van der Waals surface area contributed by atoms with E-state index in [-0.39, 0.29) is 0 Å². The molecule has 1 aromatic heterocycles. The summed E-state index contributed by atoms with van der Waals surface area (Å²) in [6.45, 7) is 1.91. The zero-order chi connectivity index (χ0) is 9.42. The number of aromatic amines is 1. The third-order valence-electron chi connectivity index (χ3n) is 2.09. The molecule has 66 valence electrons. The molecule has 1 aromatic carbocycles. The summed E-state index contributed by atoms with van der Waals surface area (Å²) in [4.78, 5) is 0. The van der Waals surface area contributed by atoms with Crippen LogP contribution in [0, 0.1) is 6.92 Å². The quantitative estimate of drug-likeness (QED) is 0.515. The minimum Gasteiger partial charge on any atom is -0.423 e. The smallest absolute Gasteiger partial charge is 0.423 e. The minimum absolute atomic E-state index is 0.481. The fraction of sp³-hybridized carbons (Fsp3) is 0.125. The number of H-pyrrole nitrogens is 1. The molecule has 0 amide bonds. The van der Waals surface area contributed by atoms with Crippen LogP contribution in [-0.4, -0.2) is 27.4 Å². The van der Waals surface area contributed by atoms with E-state index in [0.717, 1.165) is 16.5 Å². The van der Waals surface area contributed by atoms with E-state index in [1.54, 1.807) is 18.3 Å². The molecule has 1 heterocycles. The predicted octanol–water partition coefficient (Wildman–Crippen LogP) is -0.449. The van der Waals surface area contributed by atoms with Gasteiger partial charge in [-0.15, -0.1) is 0 Å². The number of hydrogen-bond donors (Lipinski definition) is 3. The Bertz CT molecular complexity index is 439. The van der Waals surface area contributed by atoms with Crippen molar-refractivity contribution < 1.29 is 10.0 Å². The lowest BCUT2D eigenvalue weighted by atomic mass is 9.79. The van der Waals surface area contributed by atoms with Crippen molar-refractivity contribution in [3.05, 3.63) is 23.9 Å². The van der Waals surface area contributed by atoms with Gasteiger partial charge in [0.25, 0.3) is 0 Å². The number of nitrogens with one attached hydrogen (secondary N) is 1. The maximum atomic E-state index is 8.97. The van der Waals surface area contributed by atoms with Crippen LogP contribution in [0.2, 0.25) is 0 Å². The summed E-state index contributed by atoms with van der Waals surface area (Å²) in [6, 6.07) is 3.42. The minimum atomic E-state index is -1.42. The van der Waals surface area contributed by atoms with Gasteiger partial charge in [-0.05, 0) is 24.0 Å². The van der Waals surface area contributed by atoms with Crippen LogP contribution in [0.1, 0.15) is 5.56 Å². The molecular weight excluding hydrogens is 167 g/mol. The summed E-state index contributed by atoms with van der Waals surface area (Å²) in [5.74, 6) is 0. The van der Waals surface area contributed by atoms with Crippen LogP contribution in [-0.2, 0) is 0 Å². The van der Waals surface area contributed by atoms with Crippen molar-refractivity contribution in [1.29, 1.82) is 0 Å². The number of aromatic nitrogens is 2. The molecule has 13 heavy (non-hydrogen) atoms. The average molecular weight is 176 g/mol. The maximum absolute atomic E-state index is 8.97. The summed E-state index contributed by atoms with van der Waals surface area (Å²) in [7, 11) is -1.42. The number of fused-ring (bicyclic) bond motifs is 1. The molecule has 0 unspecified atom stereocenters. The highest BCUT2D eigenvalue weighted by atomic mass is 16.4. The number of rotatable bonds is 1. The van der Waals surface area contributed by atoms with E-state index in [1.165, 1.54) is 0 Å². The molecule has 2 rings (SSSR count). The molecule has 0 bridgehead atoms. The number of hydrogen-bond acceptors (Lipinski definition) is 3. The number of aryl methyl sites for hydroxylation is 1. The van der Waals surface area contributed by atoms with E-state index in [0.29, 0.717) is 5.46 Å². The van der Waals surface area contributed by atoms with Gasteiger partial charge in [-0.3, -0.25) is 5.10 Å². The van der Waals surface area contributed by atoms with Gasteiger partial charge in [0.2, 0.25) is 0 Å². The molecule has 0 atom stereocenters. The van der Waals surface area contributed by atoms with Gasteiger partial charge in [0.15, 0.2) is 0 Å². The molecule has 0 saturated heterocycles. The molecule has 0 aliphatic rings. The standard InChI is InChI=1S/C8H9BN2O2/c1-5-2-6(9(12)13)3-8-7(5)4-10-11-8/h2-4,12-13H,1H3,(H,10,11). The highest BCUT2D eigenvalue weighted by Gasteiger charge is 2.12. The fourth-order valence-electron chi connectivity index (χ4n) is 1.41. The van der Waals surface area contributed by atoms with Crippen LogP contribution in [0.5, 0.6) is 0 Å². The third-order valence-corrected chi connectivity index (χ3v) is 2.09. The number of nitrogens with zero attached hydrogens (tertiary/aromatic N) is 1. The summed E-state index contributed by atoms with van der Waals surface area (Å²) in [5.41, 5.74) is 2.28. The fourth-order valence-corrected chi connectivity index (χ4v) is 1.41. The van der Waals surface area contributed by atoms with Gasteiger partial charge < -0.3 is 10.0 Å². The molecule has 5 heteroatoms. The molecule has 2 aromatic rings. The summed E-state index contributed by atoms with van der Waals surface area (Å²) >= 11 is 0. The second-order valence-corrected chi connectivity index (χ2v) is 3.04. The summed E-state index contributed by atoms with van der Waals surface area (Å²) in [5, 5.41) is 25.6. The third kappa shape index (κ3) is 1.32. The van der Waals surface area contributed by atoms with Crippen LogP contribution in [0.25, 0.3) is 10.9 Å². The Hall–Kier alpha value is -1.33. The SMILES string of the molecule is Cc1cc(B(O)O)cc2[nH]ncc12. The largest absolute Gasteiger partial charge is 0.488 e. The first-order chi connectivity index (χ1) is 6.18. The monoisotopic (exact) mass is 176 g/mol. The van der Waals surface area contributed by atoms with Crippen LogP contribution in [0.4, 0.5) is 0 Å². The van der Waals surface area contributed by atoms with Crippen molar-refractivity contribution in [3.63, 3.8) is 0 Å². The maximum Gasteiger partial charge on any atom is 0.488 e. The van der Waals surface area contributed by atoms with Crippen LogP contribution in [0.15, 0.2) is 18.3 Å². The van der Waals surface area contributed by atoms with E-state index in [9.17, 15) is 0 Å². The van der Waals surface area contributed by atoms with Crippen molar-refractivity contribution in [2.24, 2.45) is 0 Å². The Kier molecular flexibility index (Phi) is 1.83. The van der Waals surface area contributed by atoms with Crippen molar-refractivity contribution in [2.45, 2.75) is 6.92 Å². The predicted molar refractivity (Wildman–Crippen MR) is 50.7 cm³/mol. The van der Waals surface area contributed by atoms with Gasteiger partial charge in [0.05, 0.1) is 11.7 Å². The van der Waals surface area contributed by atoms with Crippen molar-refractivity contribution in [2.75, 3.05) is 0 Å². The van der Waals surface area contributed by atoms with Crippen molar-refractivity contribution in [3.8, 4) is 0 Å². The Morgan fingerprint density at radius 2 is 2.15 bits per heavy atom.